The maximum Gasteiger partial charge on any atom is 0.416 e. The first kappa shape index (κ1) is 24.0. The van der Waals surface area contributed by atoms with Crippen LogP contribution in [0, 0.1) is 13.8 Å². The van der Waals surface area contributed by atoms with Gasteiger partial charge in [-0.1, -0.05) is 26.0 Å². The lowest BCUT2D eigenvalue weighted by molar-refractivity contribution is -0.137. The van der Waals surface area contributed by atoms with E-state index < -0.39 is 17.6 Å². The van der Waals surface area contributed by atoms with Crippen molar-refractivity contribution in [3.05, 3.63) is 58.7 Å². The Morgan fingerprint density at radius 3 is 2.13 bits per heavy atom. The summed E-state index contributed by atoms with van der Waals surface area (Å²) in [5, 5.41) is 15.3. The Morgan fingerprint density at radius 1 is 1.03 bits per heavy atom. The third-order valence-corrected chi connectivity index (χ3v) is 4.48. The molecule has 2 aromatic carbocycles. The van der Waals surface area contributed by atoms with Gasteiger partial charge >= 0.3 is 6.18 Å². The van der Waals surface area contributed by atoms with Crippen molar-refractivity contribution in [3.63, 3.8) is 0 Å². The van der Waals surface area contributed by atoms with Crippen LogP contribution in [0.1, 0.15) is 49.9 Å². The van der Waals surface area contributed by atoms with Gasteiger partial charge in [0.05, 0.1) is 22.4 Å². The summed E-state index contributed by atoms with van der Waals surface area (Å²) in [6.07, 6.45) is -4.53. The predicted octanol–water partition coefficient (Wildman–Crippen LogP) is 5.86. The van der Waals surface area contributed by atoms with E-state index in [4.69, 9.17) is 0 Å². The molecule has 2 N–H and O–H groups in total. The number of nitrogens with zero attached hydrogens (tertiary/aromatic N) is 2. The highest BCUT2D eigenvalue weighted by atomic mass is 19.4. The highest BCUT2D eigenvalue weighted by Gasteiger charge is 2.32. The molecule has 0 aliphatic rings. The number of rotatable bonds is 3. The molecule has 0 aliphatic carbocycles. The molecule has 0 spiro atoms. The van der Waals surface area contributed by atoms with E-state index in [9.17, 15) is 23.1 Å². The average Bonchev–Trinajstić information content (AvgIpc) is 2.97. The maximum atomic E-state index is 13.3. The van der Waals surface area contributed by atoms with Crippen LogP contribution in [-0.4, -0.2) is 21.3 Å². The topological polar surface area (TPSA) is 66.6 Å². The lowest BCUT2D eigenvalue weighted by Crippen LogP contribution is -2.15. The molecule has 166 valence electrons. The number of amides is 1. The molecule has 0 radical (unpaired) electrons. The SMILES string of the molecule is CC.CC(=O)N/N=C(\C)c1c(O)n(-c2cc(C)cc(C)c2)c2cc(C(F)(F)F)ccc12. The summed E-state index contributed by atoms with van der Waals surface area (Å²) in [5.74, 6) is -0.655. The minimum atomic E-state index is -4.53. The number of carbonyl (C=O) groups is 1. The first-order valence-electron chi connectivity index (χ1n) is 9.83. The standard InChI is InChI=1S/C21H20F3N3O2.C2H6/c1-11-7-12(2)9-16(8-11)27-18-10-15(21(22,23)24)5-6-17(18)19(20(27)29)13(3)25-26-14(4)28;1-2/h5-10,29H,1-4H3,(H,26,28);1-2H3/b25-13+;. The monoisotopic (exact) mass is 433 g/mol. The fourth-order valence-corrected chi connectivity index (χ4v) is 3.37. The lowest BCUT2D eigenvalue weighted by atomic mass is 10.1. The van der Waals surface area contributed by atoms with Crippen molar-refractivity contribution < 1.29 is 23.1 Å². The number of benzene rings is 2. The highest BCUT2D eigenvalue weighted by molar-refractivity contribution is 6.13. The van der Waals surface area contributed by atoms with Crippen molar-refractivity contribution >= 4 is 22.5 Å². The Morgan fingerprint density at radius 2 is 1.61 bits per heavy atom. The van der Waals surface area contributed by atoms with Crippen molar-refractivity contribution in [3.8, 4) is 11.6 Å². The third kappa shape index (κ3) is 5.07. The van der Waals surface area contributed by atoms with Crippen LogP contribution in [-0.2, 0) is 11.0 Å². The van der Waals surface area contributed by atoms with Crippen LogP contribution in [0.5, 0.6) is 5.88 Å². The molecule has 0 unspecified atom stereocenters. The van der Waals surface area contributed by atoms with E-state index in [1.54, 1.807) is 19.1 Å². The van der Waals surface area contributed by atoms with Crippen LogP contribution >= 0.6 is 0 Å². The number of hydrogen-bond donors (Lipinski definition) is 2. The van der Waals surface area contributed by atoms with Crippen molar-refractivity contribution in [1.82, 2.24) is 9.99 Å². The van der Waals surface area contributed by atoms with E-state index in [0.29, 0.717) is 11.1 Å². The van der Waals surface area contributed by atoms with Gasteiger partial charge in [0, 0.05) is 18.0 Å². The Bertz CT molecular complexity index is 1120. The number of aromatic nitrogens is 1. The van der Waals surface area contributed by atoms with E-state index in [-0.39, 0.29) is 22.7 Å². The van der Waals surface area contributed by atoms with Gasteiger partial charge in [0.2, 0.25) is 11.8 Å². The molecular weight excluding hydrogens is 407 g/mol. The number of fused-ring (bicyclic) bond motifs is 1. The summed E-state index contributed by atoms with van der Waals surface area (Å²) in [5.41, 5.74) is 4.51. The summed E-state index contributed by atoms with van der Waals surface area (Å²) in [7, 11) is 0. The Labute approximate surface area is 179 Å². The largest absolute Gasteiger partial charge is 0.494 e. The van der Waals surface area contributed by atoms with Crippen molar-refractivity contribution in [2.24, 2.45) is 5.10 Å². The molecule has 0 aliphatic heterocycles. The van der Waals surface area contributed by atoms with Gasteiger partial charge in [0.1, 0.15) is 0 Å². The van der Waals surface area contributed by atoms with E-state index >= 15 is 0 Å². The zero-order valence-corrected chi connectivity index (χ0v) is 18.3. The second-order valence-electron chi connectivity index (χ2n) is 6.97. The second kappa shape index (κ2) is 9.24. The van der Waals surface area contributed by atoms with E-state index in [1.807, 2.05) is 33.8 Å². The van der Waals surface area contributed by atoms with Crippen LogP contribution in [0.4, 0.5) is 13.2 Å². The zero-order valence-electron chi connectivity index (χ0n) is 18.3. The Balaban J connectivity index is 0.00000166. The lowest BCUT2D eigenvalue weighted by Gasteiger charge is -2.11. The molecule has 0 saturated carbocycles. The number of hydrogen-bond acceptors (Lipinski definition) is 3. The summed E-state index contributed by atoms with van der Waals surface area (Å²) >= 11 is 0. The quantitative estimate of drug-likeness (QED) is 0.401. The van der Waals surface area contributed by atoms with Crippen molar-refractivity contribution in [1.29, 1.82) is 0 Å². The fraction of sp³-hybridized carbons (Fsp3) is 0.304. The number of aromatic hydroxyl groups is 1. The van der Waals surface area contributed by atoms with Gasteiger partial charge in [0.15, 0.2) is 0 Å². The van der Waals surface area contributed by atoms with E-state index in [2.05, 4.69) is 10.5 Å². The van der Waals surface area contributed by atoms with E-state index in [1.165, 1.54) is 17.6 Å². The molecule has 0 fully saturated rings. The van der Waals surface area contributed by atoms with Gasteiger partial charge < -0.3 is 5.11 Å². The van der Waals surface area contributed by atoms with Crippen LogP contribution in [0.25, 0.3) is 16.6 Å². The van der Waals surface area contributed by atoms with Crippen molar-refractivity contribution in [2.75, 3.05) is 0 Å². The van der Waals surface area contributed by atoms with Crippen LogP contribution in [0.2, 0.25) is 0 Å². The summed E-state index contributed by atoms with van der Waals surface area (Å²) in [4.78, 5) is 11.2. The van der Waals surface area contributed by atoms with Crippen LogP contribution < -0.4 is 5.43 Å². The predicted molar refractivity (Wildman–Crippen MR) is 117 cm³/mol. The number of nitrogens with one attached hydrogen (secondary N) is 1. The van der Waals surface area contributed by atoms with Crippen molar-refractivity contribution in [2.45, 2.75) is 47.7 Å². The molecule has 3 rings (SSSR count). The molecule has 1 heterocycles. The first-order valence-corrected chi connectivity index (χ1v) is 9.83. The van der Waals surface area contributed by atoms with Crippen LogP contribution in [0.15, 0.2) is 41.5 Å². The van der Waals surface area contributed by atoms with Gasteiger partial charge in [-0.3, -0.25) is 9.36 Å². The number of halogens is 3. The Hall–Kier alpha value is -3.29. The minimum Gasteiger partial charge on any atom is -0.494 e. The maximum absolute atomic E-state index is 13.3. The number of aryl methyl sites for hydroxylation is 2. The second-order valence-corrected chi connectivity index (χ2v) is 6.97. The molecule has 8 heteroatoms. The molecule has 0 atom stereocenters. The number of carbonyl (C=O) groups excluding carboxylic acids is 1. The molecular formula is C23H26F3N3O2. The van der Waals surface area contributed by atoms with Crippen LogP contribution in [0.3, 0.4) is 0 Å². The third-order valence-electron chi connectivity index (χ3n) is 4.48. The Kier molecular flexibility index (Phi) is 7.15. The molecule has 1 amide bonds. The first-order chi connectivity index (χ1) is 14.5. The molecule has 0 bridgehead atoms. The fourth-order valence-electron chi connectivity index (χ4n) is 3.37. The summed E-state index contributed by atoms with van der Waals surface area (Å²) in [6.45, 7) is 10.6. The molecule has 31 heavy (non-hydrogen) atoms. The van der Waals surface area contributed by atoms with Gasteiger partial charge in [-0.25, -0.2) is 5.43 Å². The number of hydrazone groups is 1. The zero-order chi connectivity index (χ0) is 23.5. The summed E-state index contributed by atoms with van der Waals surface area (Å²) in [6, 6.07) is 8.74. The smallest absolute Gasteiger partial charge is 0.416 e. The average molecular weight is 433 g/mol. The van der Waals surface area contributed by atoms with Gasteiger partial charge in [-0.05, 0) is 56.2 Å². The number of alkyl halides is 3. The summed E-state index contributed by atoms with van der Waals surface area (Å²) < 4.78 is 41.3. The van der Waals surface area contributed by atoms with Gasteiger partial charge in [-0.2, -0.15) is 18.3 Å². The molecule has 1 aromatic heterocycles. The normalized spacial score (nSPS) is 11.8. The van der Waals surface area contributed by atoms with Gasteiger partial charge in [-0.15, -0.1) is 0 Å². The molecule has 3 aromatic rings. The van der Waals surface area contributed by atoms with Gasteiger partial charge in [0.25, 0.3) is 0 Å². The highest BCUT2D eigenvalue weighted by Crippen LogP contribution is 2.39. The minimum absolute atomic E-state index is 0.190. The van der Waals surface area contributed by atoms with E-state index in [0.717, 1.165) is 23.3 Å². The molecule has 5 nitrogen and oxygen atoms in total. The molecule has 0 saturated heterocycles.